The van der Waals surface area contributed by atoms with E-state index in [4.69, 9.17) is 14.2 Å². The lowest BCUT2D eigenvalue weighted by Gasteiger charge is -2.18. The van der Waals surface area contributed by atoms with Crippen molar-refractivity contribution in [1.29, 1.82) is 0 Å². The molecule has 0 aromatic heterocycles. The van der Waals surface area contributed by atoms with Crippen molar-refractivity contribution in [1.82, 2.24) is 0 Å². The number of unbranched alkanes of at least 4 members (excludes halogenated alkanes) is 32. The third-order valence-corrected chi connectivity index (χ3v) is 15.0. The lowest BCUT2D eigenvalue weighted by atomic mass is 10.0. The Morgan fingerprint density at radius 3 is 0.735 bits per heavy atom. The van der Waals surface area contributed by atoms with Crippen LogP contribution in [-0.4, -0.2) is 37.2 Å². The van der Waals surface area contributed by atoms with Gasteiger partial charge < -0.3 is 14.2 Å². The molecule has 0 heterocycles. The van der Waals surface area contributed by atoms with Crippen molar-refractivity contribution in [2.24, 2.45) is 0 Å². The van der Waals surface area contributed by atoms with Gasteiger partial charge in [0.1, 0.15) is 13.2 Å². The molecule has 0 saturated heterocycles. The molecule has 0 rings (SSSR count). The summed E-state index contributed by atoms with van der Waals surface area (Å²) in [4.78, 5) is 38.4. The van der Waals surface area contributed by atoms with Crippen molar-refractivity contribution in [2.45, 2.75) is 335 Å². The van der Waals surface area contributed by atoms with Crippen LogP contribution < -0.4 is 0 Å². The Morgan fingerprint density at radius 1 is 0.253 bits per heavy atom. The van der Waals surface area contributed by atoms with Gasteiger partial charge in [-0.25, -0.2) is 0 Å². The average molecular weight is 1150 g/mol. The molecule has 0 amide bonds. The molecule has 474 valence electrons. The van der Waals surface area contributed by atoms with Crippen LogP contribution in [0.25, 0.3) is 0 Å². The first-order valence-corrected chi connectivity index (χ1v) is 35.0. The Bertz CT molecular complexity index is 1700. The minimum Gasteiger partial charge on any atom is -0.462 e. The van der Waals surface area contributed by atoms with E-state index >= 15 is 0 Å². The van der Waals surface area contributed by atoms with Gasteiger partial charge >= 0.3 is 17.9 Å². The summed E-state index contributed by atoms with van der Waals surface area (Å²) in [6.07, 6.45) is 97.9. The SMILES string of the molecule is CC/C=C\C/C=C\C/C=C\C/C=C\C/C=C\C/C=C\C/C=C\CCCCCCCC(=O)OCC(COC(=O)CCCCCCCCCCCCC)OC(=O)CCCCCCCCCCCCCC/C=C\C/C=C\C/C=C\CCCCCCC. The van der Waals surface area contributed by atoms with Crippen molar-refractivity contribution < 1.29 is 28.6 Å². The van der Waals surface area contributed by atoms with Crippen LogP contribution >= 0.6 is 0 Å². The molecule has 0 fully saturated rings. The molecule has 0 bridgehead atoms. The Labute approximate surface area is 513 Å². The Balaban J connectivity index is 4.31. The van der Waals surface area contributed by atoms with E-state index in [1.165, 1.54) is 154 Å². The number of allylic oxidation sites excluding steroid dienone is 20. The van der Waals surface area contributed by atoms with Gasteiger partial charge in [-0.05, 0) is 116 Å². The number of carbonyl (C=O) groups is 3. The number of ether oxygens (including phenoxy) is 3. The fourth-order valence-corrected chi connectivity index (χ4v) is 9.73. The molecule has 0 aromatic carbocycles. The standard InChI is InChI=1S/C77H130O6/c1-4-7-10-13-16-19-22-24-26-28-30-32-34-36-38-40-42-44-46-48-50-52-55-58-61-64-67-70-76(79)82-73-74(72-81-75(78)69-66-63-60-57-54-21-18-15-12-9-6-3)83-77(80)71-68-65-62-59-56-53-51-49-47-45-43-41-39-37-35-33-31-29-27-25-23-20-17-14-11-8-5-2/h7,10,16,19,23-26,29-32,35-38,42,44,48,50,74H,4-6,8-9,11-15,17-18,20-22,27-28,33-34,39-41,43,45-47,49,51-73H2,1-3H3/b10-7-,19-16-,25-23-,26-24-,31-29-,32-30-,37-35-,38-36-,44-42-,50-48-. The third kappa shape index (κ3) is 68.5. The highest BCUT2D eigenvalue weighted by Crippen LogP contribution is 2.16. The second kappa shape index (κ2) is 70.3. The topological polar surface area (TPSA) is 78.9 Å². The van der Waals surface area contributed by atoms with Crippen LogP contribution in [0.15, 0.2) is 122 Å². The number of hydrogen-bond acceptors (Lipinski definition) is 6. The minimum atomic E-state index is -0.790. The molecule has 0 spiro atoms. The van der Waals surface area contributed by atoms with E-state index in [0.29, 0.717) is 19.3 Å². The third-order valence-electron chi connectivity index (χ3n) is 15.0. The average Bonchev–Trinajstić information content (AvgIpc) is 3.48. The largest absolute Gasteiger partial charge is 0.462 e. The van der Waals surface area contributed by atoms with E-state index in [-0.39, 0.29) is 31.1 Å². The summed E-state index contributed by atoms with van der Waals surface area (Å²) in [5.74, 6) is -0.897. The first kappa shape index (κ1) is 78.8. The van der Waals surface area contributed by atoms with Crippen LogP contribution in [0.5, 0.6) is 0 Å². The van der Waals surface area contributed by atoms with Gasteiger partial charge in [-0.15, -0.1) is 0 Å². The van der Waals surface area contributed by atoms with Gasteiger partial charge in [-0.2, -0.15) is 0 Å². The lowest BCUT2D eigenvalue weighted by Crippen LogP contribution is -2.30. The molecule has 0 saturated carbocycles. The normalized spacial score (nSPS) is 12.9. The number of esters is 3. The van der Waals surface area contributed by atoms with Crippen molar-refractivity contribution in [2.75, 3.05) is 13.2 Å². The summed E-state index contributed by atoms with van der Waals surface area (Å²) < 4.78 is 16.9. The van der Waals surface area contributed by atoms with E-state index in [1.807, 2.05) is 0 Å². The maximum absolute atomic E-state index is 12.9. The number of rotatable bonds is 63. The molecule has 0 aliphatic carbocycles. The summed E-state index contributed by atoms with van der Waals surface area (Å²) >= 11 is 0. The highest BCUT2D eigenvalue weighted by atomic mass is 16.6. The highest BCUT2D eigenvalue weighted by molar-refractivity contribution is 5.71. The van der Waals surface area contributed by atoms with E-state index < -0.39 is 6.10 Å². The Morgan fingerprint density at radius 2 is 0.470 bits per heavy atom. The van der Waals surface area contributed by atoms with Crippen LogP contribution in [-0.2, 0) is 28.6 Å². The van der Waals surface area contributed by atoms with Crippen LogP contribution in [0.2, 0.25) is 0 Å². The summed E-state index contributed by atoms with van der Waals surface area (Å²) in [6.45, 7) is 6.52. The van der Waals surface area contributed by atoms with Crippen LogP contribution in [0, 0.1) is 0 Å². The zero-order valence-electron chi connectivity index (χ0n) is 54.4. The Kier molecular flexibility index (Phi) is 66.7. The summed E-state index contributed by atoms with van der Waals surface area (Å²) in [6, 6.07) is 0. The van der Waals surface area contributed by atoms with Crippen molar-refractivity contribution in [3.05, 3.63) is 122 Å². The minimum absolute atomic E-state index is 0.0843. The van der Waals surface area contributed by atoms with Crippen molar-refractivity contribution in [3.8, 4) is 0 Å². The summed E-state index contributed by atoms with van der Waals surface area (Å²) in [7, 11) is 0. The fraction of sp³-hybridized carbons (Fsp3) is 0.701. The van der Waals surface area contributed by atoms with E-state index in [2.05, 4.69) is 142 Å². The summed E-state index contributed by atoms with van der Waals surface area (Å²) in [5.41, 5.74) is 0. The molecule has 0 aliphatic rings. The first-order valence-electron chi connectivity index (χ1n) is 35.0. The maximum atomic E-state index is 12.9. The molecule has 6 heteroatoms. The first-order chi connectivity index (χ1) is 41.0. The van der Waals surface area contributed by atoms with E-state index in [1.54, 1.807) is 0 Å². The van der Waals surface area contributed by atoms with Gasteiger partial charge in [-0.1, -0.05) is 316 Å². The molecule has 1 atom stereocenters. The highest BCUT2D eigenvalue weighted by Gasteiger charge is 2.19. The van der Waals surface area contributed by atoms with Crippen molar-refractivity contribution in [3.63, 3.8) is 0 Å². The van der Waals surface area contributed by atoms with Crippen LogP contribution in [0.4, 0.5) is 0 Å². The quantitative estimate of drug-likeness (QED) is 0.0261. The van der Waals surface area contributed by atoms with Gasteiger partial charge in [0.2, 0.25) is 0 Å². The summed E-state index contributed by atoms with van der Waals surface area (Å²) in [5, 5.41) is 0. The smallest absolute Gasteiger partial charge is 0.306 e. The monoisotopic (exact) mass is 1150 g/mol. The predicted octanol–water partition coefficient (Wildman–Crippen LogP) is 24.3. The molecule has 1 unspecified atom stereocenters. The molecular formula is C77H130O6. The van der Waals surface area contributed by atoms with Crippen LogP contribution in [0.1, 0.15) is 329 Å². The van der Waals surface area contributed by atoms with E-state index in [0.717, 1.165) is 135 Å². The van der Waals surface area contributed by atoms with Gasteiger partial charge in [0.25, 0.3) is 0 Å². The maximum Gasteiger partial charge on any atom is 0.306 e. The van der Waals surface area contributed by atoms with E-state index in [9.17, 15) is 14.4 Å². The number of carbonyl (C=O) groups excluding carboxylic acids is 3. The molecule has 0 N–H and O–H groups in total. The molecule has 83 heavy (non-hydrogen) atoms. The van der Waals surface area contributed by atoms with Gasteiger partial charge in [-0.3, -0.25) is 14.4 Å². The predicted molar refractivity (Wildman–Crippen MR) is 362 cm³/mol. The molecule has 0 aromatic rings. The molecule has 0 radical (unpaired) electrons. The van der Waals surface area contributed by atoms with Crippen molar-refractivity contribution >= 4 is 17.9 Å². The molecule has 0 aliphatic heterocycles. The number of hydrogen-bond donors (Lipinski definition) is 0. The zero-order valence-corrected chi connectivity index (χ0v) is 54.4. The second-order valence-corrected chi connectivity index (χ2v) is 23.1. The molecule has 6 nitrogen and oxygen atoms in total. The lowest BCUT2D eigenvalue weighted by molar-refractivity contribution is -0.167. The zero-order chi connectivity index (χ0) is 59.9. The fourth-order valence-electron chi connectivity index (χ4n) is 9.73. The van der Waals surface area contributed by atoms with Gasteiger partial charge in [0.05, 0.1) is 0 Å². The van der Waals surface area contributed by atoms with Gasteiger partial charge in [0.15, 0.2) is 6.10 Å². The van der Waals surface area contributed by atoms with Crippen LogP contribution in [0.3, 0.4) is 0 Å². The second-order valence-electron chi connectivity index (χ2n) is 23.1. The Hall–Kier alpha value is -4.19. The molecular weight excluding hydrogens is 1020 g/mol. The van der Waals surface area contributed by atoms with Gasteiger partial charge in [0, 0.05) is 19.3 Å².